The molecule has 0 aliphatic heterocycles. The molecular weight excluding hydrogens is 197 g/mol. The van der Waals surface area contributed by atoms with Gasteiger partial charge in [-0.1, -0.05) is 6.07 Å². The number of hydrogen-bond donors (Lipinski definition) is 2. The van der Waals surface area contributed by atoms with Crippen molar-refractivity contribution in [2.24, 2.45) is 0 Å². The highest BCUT2D eigenvalue weighted by Crippen LogP contribution is 2.24. The first-order valence-corrected chi connectivity index (χ1v) is 4.23. The molecule has 0 aliphatic carbocycles. The summed E-state index contributed by atoms with van der Waals surface area (Å²) < 4.78 is 10.0. The van der Waals surface area contributed by atoms with E-state index in [1.54, 1.807) is 6.07 Å². The molecule has 0 radical (unpaired) electrons. The van der Waals surface area contributed by atoms with Crippen LogP contribution in [-0.4, -0.2) is 30.9 Å². The number of benzene rings is 1. The molecule has 78 valence electrons. The van der Waals surface area contributed by atoms with Crippen molar-refractivity contribution in [3.63, 3.8) is 0 Å². The standard InChI is InChI=1S/C9H10BNO4/c1-14-8-3-2-7(10(12)13)6-9(8)15-5-4-11/h2-3,6,12-13H,5H2,1H3. The van der Waals surface area contributed by atoms with Crippen LogP contribution in [0.15, 0.2) is 18.2 Å². The van der Waals surface area contributed by atoms with Crippen LogP contribution in [0.2, 0.25) is 0 Å². The van der Waals surface area contributed by atoms with E-state index in [4.69, 9.17) is 24.8 Å². The first-order valence-electron chi connectivity index (χ1n) is 4.23. The zero-order valence-electron chi connectivity index (χ0n) is 8.17. The second-order valence-corrected chi connectivity index (χ2v) is 2.73. The van der Waals surface area contributed by atoms with Gasteiger partial charge in [0.25, 0.3) is 0 Å². The number of nitrogens with zero attached hydrogens (tertiary/aromatic N) is 1. The Morgan fingerprint density at radius 1 is 1.40 bits per heavy atom. The van der Waals surface area contributed by atoms with Crippen molar-refractivity contribution in [3.8, 4) is 17.6 Å². The Bertz CT molecular complexity index is 375. The molecule has 0 spiro atoms. The van der Waals surface area contributed by atoms with E-state index in [9.17, 15) is 0 Å². The summed E-state index contributed by atoms with van der Waals surface area (Å²) in [4.78, 5) is 0. The molecule has 6 heteroatoms. The second-order valence-electron chi connectivity index (χ2n) is 2.73. The molecule has 0 saturated heterocycles. The number of nitriles is 1. The lowest BCUT2D eigenvalue weighted by atomic mass is 9.80. The van der Waals surface area contributed by atoms with Crippen LogP contribution in [0, 0.1) is 11.3 Å². The minimum atomic E-state index is -1.57. The summed E-state index contributed by atoms with van der Waals surface area (Å²) in [5.41, 5.74) is 0.281. The van der Waals surface area contributed by atoms with Crippen LogP contribution in [0.5, 0.6) is 11.5 Å². The molecule has 1 aromatic carbocycles. The van der Waals surface area contributed by atoms with Gasteiger partial charge in [-0.2, -0.15) is 5.26 Å². The molecule has 1 aromatic rings. The zero-order chi connectivity index (χ0) is 11.3. The van der Waals surface area contributed by atoms with Gasteiger partial charge in [-0.05, 0) is 17.6 Å². The summed E-state index contributed by atoms with van der Waals surface area (Å²) in [7, 11) is -0.107. The quantitative estimate of drug-likeness (QED) is 0.636. The van der Waals surface area contributed by atoms with Gasteiger partial charge in [-0.25, -0.2) is 0 Å². The zero-order valence-corrected chi connectivity index (χ0v) is 8.17. The predicted molar refractivity (Wildman–Crippen MR) is 53.9 cm³/mol. The van der Waals surface area contributed by atoms with Gasteiger partial charge in [0.1, 0.15) is 6.07 Å². The van der Waals surface area contributed by atoms with Crippen LogP contribution < -0.4 is 14.9 Å². The van der Waals surface area contributed by atoms with Gasteiger partial charge in [-0.3, -0.25) is 0 Å². The minimum Gasteiger partial charge on any atom is -0.493 e. The maximum atomic E-state index is 8.93. The molecule has 15 heavy (non-hydrogen) atoms. The summed E-state index contributed by atoms with van der Waals surface area (Å²) >= 11 is 0. The smallest absolute Gasteiger partial charge is 0.488 e. The van der Waals surface area contributed by atoms with E-state index >= 15 is 0 Å². The molecule has 0 heterocycles. The van der Waals surface area contributed by atoms with Gasteiger partial charge < -0.3 is 19.5 Å². The van der Waals surface area contributed by atoms with Crippen LogP contribution in [0.4, 0.5) is 0 Å². The van der Waals surface area contributed by atoms with E-state index in [0.29, 0.717) is 11.5 Å². The van der Waals surface area contributed by atoms with Crippen LogP contribution in [0.1, 0.15) is 0 Å². The van der Waals surface area contributed by atoms with Crippen molar-refractivity contribution in [2.45, 2.75) is 0 Å². The Balaban J connectivity index is 2.97. The van der Waals surface area contributed by atoms with E-state index in [0.717, 1.165) is 0 Å². The van der Waals surface area contributed by atoms with E-state index in [-0.39, 0.29) is 12.1 Å². The lowest BCUT2D eigenvalue weighted by molar-refractivity contribution is 0.329. The first-order chi connectivity index (χ1) is 7.19. The van der Waals surface area contributed by atoms with Gasteiger partial charge >= 0.3 is 7.12 Å². The Labute approximate surface area is 87.6 Å². The SMILES string of the molecule is COc1ccc(B(O)O)cc1OCC#N. The third kappa shape index (κ3) is 2.87. The average Bonchev–Trinajstić information content (AvgIpc) is 2.25. The summed E-state index contributed by atoms with van der Waals surface area (Å²) in [5, 5.41) is 26.2. The van der Waals surface area contributed by atoms with Gasteiger partial charge in [0.05, 0.1) is 7.11 Å². The average molecular weight is 207 g/mol. The fourth-order valence-electron chi connectivity index (χ4n) is 1.08. The molecule has 0 saturated carbocycles. The van der Waals surface area contributed by atoms with Gasteiger partial charge in [0.15, 0.2) is 18.1 Å². The molecule has 0 amide bonds. The Kier molecular flexibility index (Phi) is 3.97. The highest BCUT2D eigenvalue weighted by atomic mass is 16.5. The van der Waals surface area contributed by atoms with Gasteiger partial charge in [0, 0.05) is 0 Å². The van der Waals surface area contributed by atoms with Crippen LogP contribution in [-0.2, 0) is 0 Å². The maximum absolute atomic E-state index is 8.93. The lowest BCUT2D eigenvalue weighted by Crippen LogP contribution is -2.29. The van der Waals surface area contributed by atoms with E-state index in [1.165, 1.54) is 19.2 Å². The van der Waals surface area contributed by atoms with Crippen LogP contribution in [0.3, 0.4) is 0 Å². The molecule has 0 atom stereocenters. The fourth-order valence-corrected chi connectivity index (χ4v) is 1.08. The number of methoxy groups -OCH3 is 1. The van der Waals surface area contributed by atoms with E-state index in [1.807, 2.05) is 6.07 Å². The van der Waals surface area contributed by atoms with Crippen molar-refractivity contribution in [2.75, 3.05) is 13.7 Å². The number of ether oxygens (including phenoxy) is 2. The van der Waals surface area contributed by atoms with Crippen molar-refractivity contribution >= 4 is 12.6 Å². The van der Waals surface area contributed by atoms with Crippen molar-refractivity contribution < 1.29 is 19.5 Å². The van der Waals surface area contributed by atoms with E-state index < -0.39 is 7.12 Å². The third-order valence-electron chi connectivity index (χ3n) is 1.78. The maximum Gasteiger partial charge on any atom is 0.488 e. The summed E-state index contributed by atoms with van der Waals surface area (Å²) in [6, 6.07) is 6.28. The first kappa shape index (κ1) is 11.4. The summed E-state index contributed by atoms with van der Waals surface area (Å²) in [6.07, 6.45) is 0. The Hall–Kier alpha value is -1.71. The highest BCUT2D eigenvalue weighted by molar-refractivity contribution is 6.58. The van der Waals surface area contributed by atoms with Crippen LogP contribution >= 0.6 is 0 Å². The summed E-state index contributed by atoms with van der Waals surface area (Å²) in [5.74, 6) is 0.749. The van der Waals surface area contributed by atoms with Gasteiger partial charge in [-0.15, -0.1) is 0 Å². The Morgan fingerprint density at radius 3 is 2.67 bits per heavy atom. The van der Waals surface area contributed by atoms with Crippen molar-refractivity contribution in [3.05, 3.63) is 18.2 Å². The molecule has 5 nitrogen and oxygen atoms in total. The second kappa shape index (κ2) is 5.24. The largest absolute Gasteiger partial charge is 0.493 e. The normalized spacial score (nSPS) is 9.20. The van der Waals surface area contributed by atoms with Crippen molar-refractivity contribution in [1.29, 1.82) is 5.26 Å². The number of hydrogen-bond acceptors (Lipinski definition) is 5. The molecule has 0 bridgehead atoms. The highest BCUT2D eigenvalue weighted by Gasteiger charge is 2.14. The monoisotopic (exact) mass is 207 g/mol. The van der Waals surface area contributed by atoms with E-state index in [2.05, 4.69) is 0 Å². The van der Waals surface area contributed by atoms with Crippen molar-refractivity contribution in [1.82, 2.24) is 0 Å². The lowest BCUT2D eigenvalue weighted by Gasteiger charge is -2.09. The molecule has 0 aliphatic rings. The molecule has 0 unspecified atom stereocenters. The molecule has 0 aromatic heterocycles. The Morgan fingerprint density at radius 2 is 2.13 bits per heavy atom. The predicted octanol–water partition coefficient (Wildman–Crippen LogP) is -0.723. The minimum absolute atomic E-state index is 0.124. The molecule has 0 fully saturated rings. The molecular formula is C9H10BNO4. The summed E-state index contributed by atoms with van der Waals surface area (Å²) in [6.45, 7) is -0.124. The molecule has 1 rings (SSSR count). The molecule has 2 N–H and O–H groups in total. The number of rotatable bonds is 4. The van der Waals surface area contributed by atoms with Crippen LogP contribution in [0.25, 0.3) is 0 Å². The third-order valence-corrected chi connectivity index (χ3v) is 1.78. The van der Waals surface area contributed by atoms with Gasteiger partial charge in [0.2, 0.25) is 0 Å². The fraction of sp³-hybridized carbons (Fsp3) is 0.222. The topological polar surface area (TPSA) is 82.7 Å².